The summed E-state index contributed by atoms with van der Waals surface area (Å²) < 4.78 is 1.50. The van der Waals surface area contributed by atoms with E-state index in [1.165, 1.54) is 15.7 Å². The van der Waals surface area contributed by atoms with E-state index in [1.54, 1.807) is 19.2 Å². The molecular weight excluding hydrogens is 412 g/mol. The van der Waals surface area contributed by atoms with Crippen molar-refractivity contribution in [3.05, 3.63) is 63.7 Å². The van der Waals surface area contributed by atoms with Crippen molar-refractivity contribution in [3.8, 4) is 6.07 Å². The number of pyridine rings is 1. The van der Waals surface area contributed by atoms with Crippen molar-refractivity contribution >= 4 is 16.9 Å². The van der Waals surface area contributed by atoms with Crippen molar-refractivity contribution in [2.24, 2.45) is 7.05 Å². The second kappa shape index (κ2) is 9.32. The second-order valence-electron chi connectivity index (χ2n) is 9.01. The molecule has 4 rings (SSSR count). The Hall–Kier alpha value is -3.24. The molecule has 0 bridgehead atoms. The number of rotatable bonds is 5. The summed E-state index contributed by atoms with van der Waals surface area (Å²) in [5, 5.41) is 9.40. The molecule has 3 atom stereocenters. The third kappa shape index (κ3) is 4.23. The van der Waals surface area contributed by atoms with Crippen molar-refractivity contribution in [2.75, 3.05) is 18.0 Å². The van der Waals surface area contributed by atoms with Crippen LogP contribution in [-0.4, -0.2) is 44.6 Å². The highest BCUT2D eigenvalue weighted by molar-refractivity contribution is 5.86. The molecule has 7 nitrogen and oxygen atoms in total. The summed E-state index contributed by atoms with van der Waals surface area (Å²) in [6.07, 6.45) is 1.91. The molecule has 33 heavy (non-hydrogen) atoms. The first-order chi connectivity index (χ1) is 15.9. The van der Waals surface area contributed by atoms with Gasteiger partial charge in [0.1, 0.15) is 17.3 Å². The fourth-order valence-corrected chi connectivity index (χ4v) is 4.93. The van der Waals surface area contributed by atoms with Crippen LogP contribution in [0.15, 0.2) is 41.2 Å². The maximum Gasteiger partial charge on any atom is 0.349 e. The Labute approximate surface area is 195 Å². The highest BCUT2D eigenvalue weighted by Gasteiger charge is 2.36. The van der Waals surface area contributed by atoms with Gasteiger partial charge in [-0.2, -0.15) is 10.2 Å². The molecule has 1 aliphatic heterocycles. The van der Waals surface area contributed by atoms with Gasteiger partial charge in [-0.15, -0.1) is 0 Å². The first kappa shape index (κ1) is 22.9. The summed E-state index contributed by atoms with van der Waals surface area (Å²) in [6.45, 7) is 10.4. The van der Waals surface area contributed by atoms with Crippen LogP contribution in [0.4, 0.5) is 5.82 Å². The van der Waals surface area contributed by atoms with Crippen LogP contribution < -0.4 is 10.6 Å². The molecule has 0 saturated carbocycles. The zero-order valence-electron chi connectivity index (χ0n) is 20.1. The van der Waals surface area contributed by atoms with Gasteiger partial charge in [0.05, 0.1) is 5.52 Å². The van der Waals surface area contributed by atoms with Crippen molar-refractivity contribution in [2.45, 2.75) is 58.7 Å². The van der Waals surface area contributed by atoms with Crippen molar-refractivity contribution < 1.29 is 0 Å². The average molecular weight is 445 g/mol. The minimum Gasteiger partial charge on any atom is -0.349 e. The number of piperazine rings is 1. The Kier molecular flexibility index (Phi) is 6.48. The van der Waals surface area contributed by atoms with Crippen LogP contribution in [0.1, 0.15) is 56.5 Å². The molecule has 172 valence electrons. The summed E-state index contributed by atoms with van der Waals surface area (Å²) in [5.74, 6) is 0.595. The first-order valence-electron chi connectivity index (χ1n) is 11.7. The molecule has 0 radical (unpaired) electrons. The van der Waals surface area contributed by atoms with Crippen LogP contribution in [0.5, 0.6) is 0 Å². The fraction of sp³-hybridized carbons (Fsp3) is 0.462. The minimum absolute atomic E-state index is 0.191. The van der Waals surface area contributed by atoms with E-state index in [2.05, 4.69) is 77.8 Å². The Morgan fingerprint density at radius 2 is 1.76 bits per heavy atom. The lowest BCUT2D eigenvalue weighted by molar-refractivity contribution is 0.101. The smallest absolute Gasteiger partial charge is 0.349 e. The first-order valence-corrected chi connectivity index (χ1v) is 11.7. The van der Waals surface area contributed by atoms with Crippen LogP contribution >= 0.6 is 0 Å². The van der Waals surface area contributed by atoms with Crippen molar-refractivity contribution in [1.82, 2.24) is 19.4 Å². The maximum absolute atomic E-state index is 12.7. The largest absolute Gasteiger partial charge is 0.349 e. The van der Waals surface area contributed by atoms with Gasteiger partial charge in [-0.3, -0.25) is 9.47 Å². The van der Waals surface area contributed by atoms with E-state index < -0.39 is 0 Å². The third-order valence-corrected chi connectivity index (χ3v) is 7.06. The molecule has 0 amide bonds. The van der Waals surface area contributed by atoms with Gasteiger partial charge in [-0.1, -0.05) is 43.7 Å². The summed E-state index contributed by atoms with van der Waals surface area (Å²) in [6, 6.07) is 15.2. The van der Waals surface area contributed by atoms with Gasteiger partial charge in [0, 0.05) is 38.3 Å². The van der Waals surface area contributed by atoms with Crippen molar-refractivity contribution in [1.29, 1.82) is 5.26 Å². The molecule has 3 heterocycles. The third-order valence-electron chi connectivity index (χ3n) is 7.06. The molecular formula is C26H32N6O. The van der Waals surface area contributed by atoms with E-state index in [0.29, 0.717) is 34.6 Å². The van der Waals surface area contributed by atoms with Crippen LogP contribution in [0.25, 0.3) is 11.0 Å². The number of nitriles is 1. The lowest BCUT2D eigenvalue weighted by atomic mass is 9.96. The Balaban J connectivity index is 1.75. The number of nitrogens with zero attached hydrogens (tertiary/aromatic N) is 6. The minimum atomic E-state index is -0.303. The summed E-state index contributed by atoms with van der Waals surface area (Å²) in [7, 11) is 1.70. The zero-order valence-corrected chi connectivity index (χ0v) is 20.1. The zero-order chi connectivity index (χ0) is 23.7. The van der Waals surface area contributed by atoms with Crippen molar-refractivity contribution in [3.63, 3.8) is 0 Å². The van der Waals surface area contributed by atoms with Crippen LogP contribution in [-0.2, 0) is 7.05 Å². The summed E-state index contributed by atoms with van der Waals surface area (Å²) in [4.78, 5) is 26.6. The topological polar surface area (TPSA) is 78.0 Å². The monoisotopic (exact) mass is 444 g/mol. The maximum atomic E-state index is 12.7. The molecule has 1 saturated heterocycles. The number of aryl methyl sites for hydroxylation is 2. The molecule has 1 aromatic carbocycles. The van der Waals surface area contributed by atoms with Crippen LogP contribution in [0.2, 0.25) is 0 Å². The summed E-state index contributed by atoms with van der Waals surface area (Å²) >= 11 is 0. The number of hydrogen-bond donors (Lipinski definition) is 0. The predicted octanol–water partition coefficient (Wildman–Crippen LogP) is 3.95. The van der Waals surface area contributed by atoms with Gasteiger partial charge in [0.15, 0.2) is 5.82 Å². The van der Waals surface area contributed by atoms with E-state index in [0.717, 1.165) is 25.9 Å². The molecule has 0 unspecified atom stereocenters. The highest BCUT2D eigenvalue weighted by Crippen LogP contribution is 2.33. The molecule has 2 aromatic heterocycles. The molecule has 0 spiro atoms. The predicted molar refractivity (Wildman–Crippen MR) is 131 cm³/mol. The van der Waals surface area contributed by atoms with Gasteiger partial charge in [0.25, 0.3) is 0 Å². The molecule has 3 aromatic rings. The Morgan fingerprint density at radius 1 is 1.06 bits per heavy atom. The Morgan fingerprint density at radius 3 is 2.39 bits per heavy atom. The Bertz CT molecular complexity index is 1240. The normalized spacial score (nSPS) is 20.1. The van der Waals surface area contributed by atoms with E-state index >= 15 is 0 Å². The average Bonchev–Trinajstić information content (AvgIpc) is 2.85. The van der Waals surface area contributed by atoms with Gasteiger partial charge >= 0.3 is 5.69 Å². The number of fused-ring (bicyclic) bond motifs is 1. The molecule has 7 heteroatoms. The van der Waals surface area contributed by atoms with Crippen LogP contribution in [0.3, 0.4) is 0 Å². The van der Waals surface area contributed by atoms with Gasteiger partial charge in [-0.05, 0) is 44.4 Å². The van der Waals surface area contributed by atoms with E-state index in [9.17, 15) is 10.1 Å². The SMILES string of the molecule is CC[C@H]1CN([C@H](C)c2ccc(C)cc2)[C@H](CC)CN1c1nc(=O)n(C)c2ccc(C#N)nc12. The molecule has 1 aliphatic rings. The van der Waals surface area contributed by atoms with E-state index in [4.69, 9.17) is 0 Å². The highest BCUT2D eigenvalue weighted by atomic mass is 16.1. The lowest BCUT2D eigenvalue weighted by Crippen LogP contribution is -2.59. The van der Waals surface area contributed by atoms with E-state index in [1.807, 2.05) is 0 Å². The molecule has 0 N–H and O–H groups in total. The van der Waals surface area contributed by atoms with Crippen LogP contribution in [0, 0.1) is 18.3 Å². The quantitative estimate of drug-likeness (QED) is 0.593. The number of benzene rings is 1. The number of anilines is 1. The van der Waals surface area contributed by atoms with E-state index in [-0.39, 0.29) is 11.7 Å². The number of hydrogen-bond acceptors (Lipinski definition) is 6. The standard InChI is InChI=1S/C26H32N6O/c1-6-21-16-32(22(7-2)15-31(21)18(4)19-10-8-17(3)9-11-19)25-24-23(30(5)26(33)29-25)13-12-20(14-27)28-24/h8-13,18,21-22H,6-7,15-16H2,1-5H3/t18-,21-,22+/m1/s1. The van der Waals surface area contributed by atoms with Gasteiger partial charge in [0.2, 0.25) is 0 Å². The van der Waals surface area contributed by atoms with Gasteiger partial charge < -0.3 is 4.90 Å². The number of aromatic nitrogens is 3. The lowest BCUT2D eigenvalue weighted by Gasteiger charge is -2.49. The second-order valence-corrected chi connectivity index (χ2v) is 9.01. The molecule has 1 fully saturated rings. The molecule has 0 aliphatic carbocycles. The fourth-order valence-electron chi connectivity index (χ4n) is 4.93. The summed E-state index contributed by atoms with van der Waals surface area (Å²) in [5.41, 5.74) is 3.92. The van der Waals surface area contributed by atoms with Gasteiger partial charge in [-0.25, -0.2) is 9.78 Å².